The SMILES string of the molecule is CC1(C)CNC(=O)N1c1ccccc1N. The fourth-order valence-electron chi connectivity index (χ4n) is 1.85. The van der Waals surface area contributed by atoms with Crippen molar-refractivity contribution in [3.05, 3.63) is 24.3 Å². The molecule has 0 saturated carbocycles. The van der Waals surface area contributed by atoms with E-state index >= 15 is 0 Å². The maximum Gasteiger partial charge on any atom is 0.322 e. The van der Waals surface area contributed by atoms with Gasteiger partial charge in [-0.2, -0.15) is 0 Å². The average molecular weight is 205 g/mol. The Hall–Kier alpha value is -1.71. The first-order valence-corrected chi connectivity index (χ1v) is 4.95. The Bertz CT molecular complexity index is 401. The Labute approximate surface area is 89.1 Å². The van der Waals surface area contributed by atoms with Gasteiger partial charge >= 0.3 is 6.03 Å². The van der Waals surface area contributed by atoms with E-state index in [1.807, 2.05) is 32.0 Å². The molecule has 1 aliphatic heterocycles. The van der Waals surface area contributed by atoms with Crippen LogP contribution in [0.1, 0.15) is 13.8 Å². The van der Waals surface area contributed by atoms with Gasteiger partial charge in [-0.25, -0.2) is 4.79 Å². The minimum atomic E-state index is -0.230. The van der Waals surface area contributed by atoms with Crippen LogP contribution >= 0.6 is 0 Å². The lowest BCUT2D eigenvalue weighted by molar-refractivity contribution is 0.251. The van der Waals surface area contributed by atoms with Gasteiger partial charge in [0.15, 0.2) is 0 Å². The van der Waals surface area contributed by atoms with Crippen molar-refractivity contribution in [3.8, 4) is 0 Å². The molecule has 1 heterocycles. The van der Waals surface area contributed by atoms with Gasteiger partial charge in [-0.05, 0) is 26.0 Å². The first-order chi connectivity index (χ1) is 7.02. The fourth-order valence-corrected chi connectivity index (χ4v) is 1.85. The summed E-state index contributed by atoms with van der Waals surface area (Å²) >= 11 is 0. The summed E-state index contributed by atoms with van der Waals surface area (Å²) in [5.41, 5.74) is 7.04. The molecular weight excluding hydrogens is 190 g/mol. The second-order valence-corrected chi connectivity index (χ2v) is 4.37. The molecule has 1 aromatic carbocycles. The van der Waals surface area contributed by atoms with Crippen molar-refractivity contribution in [1.29, 1.82) is 0 Å². The predicted molar refractivity (Wildman–Crippen MR) is 60.8 cm³/mol. The molecule has 1 aromatic rings. The Morgan fingerprint density at radius 2 is 2.07 bits per heavy atom. The lowest BCUT2D eigenvalue weighted by Gasteiger charge is -2.30. The van der Waals surface area contributed by atoms with Gasteiger partial charge in [-0.3, -0.25) is 4.90 Å². The van der Waals surface area contributed by atoms with Gasteiger partial charge in [0.2, 0.25) is 0 Å². The van der Waals surface area contributed by atoms with Crippen molar-refractivity contribution >= 4 is 17.4 Å². The van der Waals surface area contributed by atoms with E-state index in [0.717, 1.165) is 5.69 Å². The molecule has 1 fully saturated rings. The number of para-hydroxylation sites is 2. The number of nitrogens with zero attached hydrogens (tertiary/aromatic N) is 1. The second kappa shape index (κ2) is 3.15. The Balaban J connectivity index is 2.46. The highest BCUT2D eigenvalue weighted by Gasteiger charge is 2.39. The first kappa shape index (κ1) is 9.83. The van der Waals surface area contributed by atoms with Crippen LogP contribution in [0.2, 0.25) is 0 Å². The van der Waals surface area contributed by atoms with Crippen LogP contribution in [0.3, 0.4) is 0 Å². The molecule has 4 nitrogen and oxygen atoms in total. The summed E-state index contributed by atoms with van der Waals surface area (Å²) in [5.74, 6) is 0. The van der Waals surface area contributed by atoms with Gasteiger partial charge in [0, 0.05) is 6.54 Å². The zero-order chi connectivity index (χ0) is 11.1. The fraction of sp³-hybridized carbons (Fsp3) is 0.364. The first-order valence-electron chi connectivity index (χ1n) is 4.95. The van der Waals surface area contributed by atoms with Crippen molar-refractivity contribution in [1.82, 2.24) is 5.32 Å². The number of hydrogen-bond donors (Lipinski definition) is 2. The molecule has 2 amide bonds. The standard InChI is InChI=1S/C11H15N3O/c1-11(2)7-13-10(15)14(11)9-6-4-3-5-8(9)12/h3-6H,7,12H2,1-2H3,(H,13,15). The maximum absolute atomic E-state index is 11.7. The quantitative estimate of drug-likeness (QED) is 0.684. The Morgan fingerprint density at radius 3 is 2.60 bits per heavy atom. The normalized spacial score (nSPS) is 19.1. The summed E-state index contributed by atoms with van der Waals surface area (Å²) in [5, 5.41) is 2.82. The zero-order valence-electron chi connectivity index (χ0n) is 8.95. The molecule has 4 heteroatoms. The number of benzene rings is 1. The van der Waals surface area contributed by atoms with Crippen LogP contribution in [-0.4, -0.2) is 18.1 Å². The van der Waals surface area contributed by atoms with Gasteiger partial charge in [-0.1, -0.05) is 12.1 Å². The van der Waals surface area contributed by atoms with E-state index in [4.69, 9.17) is 5.73 Å². The average Bonchev–Trinajstić information content (AvgIpc) is 2.43. The van der Waals surface area contributed by atoms with Crippen molar-refractivity contribution in [3.63, 3.8) is 0 Å². The number of urea groups is 1. The summed E-state index contributed by atoms with van der Waals surface area (Å²) in [6.07, 6.45) is 0. The lowest BCUT2D eigenvalue weighted by atomic mass is 10.0. The molecular formula is C11H15N3O. The Morgan fingerprint density at radius 1 is 1.40 bits per heavy atom. The van der Waals surface area contributed by atoms with Crippen LogP contribution in [0.25, 0.3) is 0 Å². The van der Waals surface area contributed by atoms with Gasteiger partial charge < -0.3 is 11.1 Å². The molecule has 0 bridgehead atoms. The van der Waals surface area contributed by atoms with Crippen LogP contribution in [-0.2, 0) is 0 Å². The molecule has 80 valence electrons. The van der Waals surface area contributed by atoms with E-state index in [1.165, 1.54) is 0 Å². The van der Waals surface area contributed by atoms with Crippen LogP contribution in [0.5, 0.6) is 0 Å². The molecule has 2 rings (SSSR count). The van der Waals surface area contributed by atoms with Gasteiger partial charge in [0.05, 0.1) is 16.9 Å². The summed E-state index contributed by atoms with van der Waals surface area (Å²) in [6, 6.07) is 7.32. The molecule has 0 spiro atoms. The van der Waals surface area contributed by atoms with Crippen molar-refractivity contribution < 1.29 is 4.79 Å². The number of nitrogens with one attached hydrogen (secondary N) is 1. The third-order valence-electron chi connectivity index (χ3n) is 2.66. The number of amides is 2. The van der Waals surface area contributed by atoms with E-state index in [1.54, 1.807) is 11.0 Å². The highest BCUT2D eigenvalue weighted by Crippen LogP contribution is 2.31. The molecule has 3 N–H and O–H groups in total. The zero-order valence-corrected chi connectivity index (χ0v) is 8.95. The van der Waals surface area contributed by atoms with Crippen LogP contribution in [0.15, 0.2) is 24.3 Å². The summed E-state index contributed by atoms with van der Waals surface area (Å²) in [4.78, 5) is 13.4. The van der Waals surface area contributed by atoms with Crippen LogP contribution < -0.4 is 16.0 Å². The number of anilines is 2. The van der Waals surface area contributed by atoms with Crippen molar-refractivity contribution in [2.45, 2.75) is 19.4 Å². The summed E-state index contributed by atoms with van der Waals surface area (Å²) in [7, 11) is 0. The summed E-state index contributed by atoms with van der Waals surface area (Å²) < 4.78 is 0. The number of carbonyl (C=O) groups is 1. The molecule has 0 atom stereocenters. The van der Waals surface area contributed by atoms with Gasteiger partial charge in [0.25, 0.3) is 0 Å². The number of hydrogen-bond acceptors (Lipinski definition) is 2. The van der Waals surface area contributed by atoms with Gasteiger partial charge in [-0.15, -0.1) is 0 Å². The van der Waals surface area contributed by atoms with E-state index in [0.29, 0.717) is 12.2 Å². The minimum Gasteiger partial charge on any atom is -0.397 e. The van der Waals surface area contributed by atoms with Crippen LogP contribution in [0.4, 0.5) is 16.2 Å². The van der Waals surface area contributed by atoms with Gasteiger partial charge in [0.1, 0.15) is 0 Å². The monoisotopic (exact) mass is 205 g/mol. The number of nitrogen functional groups attached to an aromatic ring is 1. The molecule has 0 aliphatic carbocycles. The van der Waals surface area contributed by atoms with E-state index < -0.39 is 0 Å². The second-order valence-electron chi connectivity index (χ2n) is 4.37. The smallest absolute Gasteiger partial charge is 0.322 e. The number of nitrogens with two attached hydrogens (primary N) is 1. The van der Waals surface area contributed by atoms with Crippen LogP contribution in [0, 0.1) is 0 Å². The molecule has 1 aliphatic rings. The third kappa shape index (κ3) is 1.52. The highest BCUT2D eigenvalue weighted by molar-refractivity contribution is 5.98. The summed E-state index contributed by atoms with van der Waals surface area (Å²) in [6.45, 7) is 4.66. The third-order valence-corrected chi connectivity index (χ3v) is 2.66. The Kier molecular flexibility index (Phi) is 2.07. The molecule has 1 saturated heterocycles. The van der Waals surface area contributed by atoms with Crippen molar-refractivity contribution in [2.75, 3.05) is 17.2 Å². The molecule has 0 unspecified atom stereocenters. The lowest BCUT2D eigenvalue weighted by Crippen LogP contribution is -2.42. The minimum absolute atomic E-state index is 0.0853. The maximum atomic E-state index is 11.7. The van der Waals surface area contributed by atoms with E-state index in [-0.39, 0.29) is 11.6 Å². The van der Waals surface area contributed by atoms with E-state index in [2.05, 4.69) is 5.32 Å². The molecule has 15 heavy (non-hydrogen) atoms. The topological polar surface area (TPSA) is 58.4 Å². The molecule has 0 radical (unpaired) electrons. The predicted octanol–water partition coefficient (Wildman–Crippen LogP) is 1.58. The largest absolute Gasteiger partial charge is 0.397 e. The highest BCUT2D eigenvalue weighted by atomic mass is 16.2. The number of rotatable bonds is 1. The van der Waals surface area contributed by atoms with E-state index in [9.17, 15) is 4.79 Å². The van der Waals surface area contributed by atoms with Crippen molar-refractivity contribution in [2.24, 2.45) is 0 Å². The molecule has 0 aromatic heterocycles. The number of carbonyl (C=O) groups excluding carboxylic acids is 1.